The van der Waals surface area contributed by atoms with Gasteiger partial charge >= 0.3 is 0 Å². The Kier molecular flexibility index (Phi) is 3.73. The lowest BCUT2D eigenvalue weighted by Crippen LogP contribution is -2.46. The van der Waals surface area contributed by atoms with Crippen molar-refractivity contribution in [3.8, 4) is 0 Å². The van der Waals surface area contributed by atoms with Crippen molar-refractivity contribution in [1.82, 2.24) is 9.88 Å². The van der Waals surface area contributed by atoms with Gasteiger partial charge in [-0.2, -0.15) is 0 Å². The fourth-order valence-electron chi connectivity index (χ4n) is 1.78. The molecule has 0 atom stereocenters. The van der Waals surface area contributed by atoms with Gasteiger partial charge in [-0.3, -0.25) is 0 Å². The van der Waals surface area contributed by atoms with Crippen molar-refractivity contribution in [2.24, 2.45) is 5.73 Å². The predicted molar refractivity (Wildman–Crippen MR) is 72.3 cm³/mol. The third-order valence-corrected chi connectivity index (χ3v) is 3.95. The van der Waals surface area contributed by atoms with Gasteiger partial charge in [0.1, 0.15) is 10.7 Å². The first-order valence-electron chi connectivity index (χ1n) is 5.43. The van der Waals surface area contributed by atoms with E-state index >= 15 is 0 Å². The molecule has 6 heteroatoms. The van der Waals surface area contributed by atoms with Gasteiger partial charge in [0.25, 0.3) is 0 Å². The number of rotatable bonds is 3. The Balaban J connectivity index is 2.00. The zero-order valence-corrected chi connectivity index (χ0v) is 11.0. The van der Waals surface area contributed by atoms with Gasteiger partial charge in [-0.05, 0) is 6.54 Å². The highest BCUT2D eigenvalue weighted by Gasteiger charge is 2.18. The van der Waals surface area contributed by atoms with Crippen LogP contribution in [-0.4, -0.2) is 47.6 Å². The molecule has 16 heavy (non-hydrogen) atoms. The summed E-state index contributed by atoms with van der Waals surface area (Å²) >= 11 is 6.53. The lowest BCUT2D eigenvalue weighted by atomic mass is 10.3. The second kappa shape index (κ2) is 5.07. The maximum atomic E-state index is 5.55. The molecular weight excluding hydrogens is 240 g/mol. The Hall–Kier alpha value is -0.720. The third-order valence-electron chi connectivity index (χ3n) is 2.83. The van der Waals surface area contributed by atoms with Crippen LogP contribution in [-0.2, 0) is 0 Å². The van der Waals surface area contributed by atoms with Gasteiger partial charge in [0.15, 0.2) is 5.13 Å². The van der Waals surface area contributed by atoms with E-state index in [4.69, 9.17) is 18.0 Å². The van der Waals surface area contributed by atoms with Crippen molar-refractivity contribution in [1.29, 1.82) is 0 Å². The fourth-order valence-corrected chi connectivity index (χ4v) is 2.84. The van der Waals surface area contributed by atoms with Crippen LogP contribution >= 0.6 is 23.6 Å². The average molecular weight is 256 g/mol. The van der Waals surface area contributed by atoms with E-state index in [1.165, 1.54) is 0 Å². The Morgan fingerprint density at radius 2 is 2.19 bits per heavy atom. The normalized spacial score (nSPS) is 17.7. The number of hydrogen-bond acceptors (Lipinski definition) is 5. The van der Waals surface area contributed by atoms with Crippen LogP contribution in [0.15, 0.2) is 5.38 Å². The second-order valence-corrected chi connectivity index (χ2v) is 5.08. The van der Waals surface area contributed by atoms with Gasteiger partial charge in [-0.15, -0.1) is 11.3 Å². The summed E-state index contributed by atoms with van der Waals surface area (Å²) in [5.41, 5.74) is 6.29. The summed E-state index contributed by atoms with van der Waals surface area (Å²) in [5, 5.41) is 2.97. The van der Waals surface area contributed by atoms with Gasteiger partial charge in [0, 0.05) is 31.6 Å². The monoisotopic (exact) mass is 256 g/mol. The summed E-state index contributed by atoms with van der Waals surface area (Å²) in [6.07, 6.45) is 0. The van der Waals surface area contributed by atoms with Gasteiger partial charge < -0.3 is 15.5 Å². The smallest absolute Gasteiger partial charge is 0.186 e. The molecule has 1 aliphatic heterocycles. The van der Waals surface area contributed by atoms with Crippen LogP contribution in [0.25, 0.3) is 0 Å². The molecule has 0 amide bonds. The second-order valence-electron chi connectivity index (χ2n) is 3.80. The third kappa shape index (κ3) is 2.50. The lowest BCUT2D eigenvalue weighted by molar-refractivity contribution is 0.271. The molecule has 4 nitrogen and oxygen atoms in total. The van der Waals surface area contributed by atoms with Crippen molar-refractivity contribution in [2.45, 2.75) is 6.92 Å². The van der Waals surface area contributed by atoms with Crippen LogP contribution in [0.2, 0.25) is 0 Å². The highest BCUT2D eigenvalue weighted by molar-refractivity contribution is 7.80. The summed E-state index contributed by atoms with van der Waals surface area (Å²) in [6.45, 7) is 7.63. The molecule has 1 saturated heterocycles. The molecule has 0 spiro atoms. The Morgan fingerprint density at radius 1 is 1.50 bits per heavy atom. The van der Waals surface area contributed by atoms with Crippen LogP contribution in [0.1, 0.15) is 12.6 Å². The van der Waals surface area contributed by atoms with E-state index in [9.17, 15) is 0 Å². The first kappa shape index (κ1) is 11.8. The molecule has 2 N–H and O–H groups in total. The van der Waals surface area contributed by atoms with Crippen molar-refractivity contribution < 1.29 is 0 Å². The van der Waals surface area contributed by atoms with Gasteiger partial charge in [0.05, 0.1) is 0 Å². The van der Waals surface area contributed by atoms with Crippen molar-refractivity contribution in [2.75, 3.05) is 37.6 Å². The van der Waals surface area contributed by atoms with E-state index in [1.807, 2.05) is 5.38 Å². The molecular formula is C10H16N4S2. The van der Waals surface area contributed by atoms with Crippen LogP contribution < -0.4 is 10.6 Å². The number of piperazine rings is 1. The summed E-state index contributed by atoms with van der Waals surface area (Å²) in [4.78, 5) is 9.58. The molecule has 0 bridgehead atoms. The number of thiazole rings is 1. The largest absolute Gasteiger partial charge is 0.388 e. The highest BCUT2D eigenvalue weighted by atomic mass is 32.1. The molecule has 2 rings (SSSR count). The molecule has 0 aromatic carbocycles. The average Bonchev–Trinajstić information content (AvgIpc) is 2.78. The maximum Gasteiger partial charge on any atom is 0.186 e. The fraction of sp³-hybridized carbons (Fsp3) is 0.600. The molecule has 2 heterocycles. The Bertz CT molecular complexity index is 369. The highest BCUT2D eigenvalue weighted by Crippen LogP contribution is 2.21. The summed E-state index contributed by atoms with van der Waals surface area (Å²) in [5.74, 6) is 0. The van der Waals surface area contributed by atoms with Crippen molar-refractivity contribution in [3.63, 3.8) is 0 Å². The number of nitrogens with zero attached hydrogens (tertiary/aromatic N) is 3. The minimum atomic E-state index is 0.384. The van der Waals surface area contributed by atoms with Gasteiger partial charge in [-0.1, -0.05) is 19.1 Å². The number of aromatic nitrogens is 1. The summed E-state index contributed by atoms with van der Waals surface area (Å²) in [6, 6.07) is 0. The predicted octanol–water partition coefficient (Wildman–Crippen LogP) is 0.919. The summed E-state index contributed by atoms with van der Waals surface area (Å²) in [7, 11) is 0. The molecule has 0 unspecified atom stereocenters. The topological polar surface area (TPSA) is 45.4 Å². The van der Waals surface area contributed by atoms with E-state index in [2.05, 4.69) is 21.7 Å². The summed E-state index contributed by atoms with van der Waals surface area (Å²) < 4.78 is 0. The molecule has 0 aliphatic carbocycles. The van der Waals surface area contributed by atoms with Crippen molar-refractivity contribution >= 4 is 33.7 Å². The van der Waals surface area contributed by atoms with E-state index in [0.29, 0.717) is 4.99 Å². The molecule has 1 aliphatic rings. The number of likely N-dealkylation sites (N-methyl/N-ethyl adjacent to an activating group) is 1. The standard InChI is InChI=1S/C10H16N4S2/c1-2-13-3-5-14(6-4-13)10-12-8(7-16-10)9(11)15/h7H,2-6H2,1H3,(H2,11,15). The molecule has 0 saturated carbocycles. The van der Waals surface area contributed by atoms with E-state index in [0.717, 1.165) is 43.5 Å². The first-order valence-corrected chi connectivity index (χ1v) is 6.72. The van der Waals surface area contributed by atoms with E-state index < -0.39 is 0 Å². The van der Waals surface area contributed by atoms with Crippen LogP contribution in [0.3, 0.4) is 0 Å². The van der Waals surface area contributed by atoms with Gasteiger partial charge in [0.2, 0.25) is 0 Å². The molecule has 1 fully saturated rings. The number of thiocarbonyl (C=S) groups is 1. The van der Waals surface area contributed by atoms with Crippen LogP contribution in [0.5, 0.6) is 0 Å². The van der Waals surface area contributed by atoms with Gasteiger partial charge in [-0.25, -0.2) is 4.98 Å². The number of nitrogens with two attached hydrogens (primary N) is 1. The van der Waals surface area contributed by atoms with Crippen LogP contribution in [0.4, 0.5) is 5.13 Å². The molecule has 88 valence electrons. The van der Waals surface area contributed by atoms with E-state index in [-0.39, 0.29) is 0 Å². The van der Waals surface area contributed by atoms with Crippen LogP contribution in [0, 0.1) is 0 Å². The Labute approximate surface area is 105 Å². The lowest BCUT2D eigenvalue weighted by Gasteiger charge is -2.33. The zero-order chi connectivity index (χ0) is 11.5. The SMILES string of the molecule is CCN1CCN(c2nc(C(N)=S)cs2)CC1. The maximum absolute atomic E-state index is 5.55. The molecule has 1 aromatic heterocycles. The quantitative estimate of drug-likeness (QED) is 0.815. The number of hydrogen-bond donors (Lipinski definition) is 1. The molecule has 1 aromatic rings. The van der Waals surface area contributed by atoms with E-state index in [1.54, 1.807) is 11.3 Å². The molecule has 0 radical (unpaired) electrons. The minimum absolute atomic E-state index is 0.384. The minimum Gasteiger partial charge on any atom is -0.388 e. The zero-order valence-electron chi connectivity index (χ0n) is 9.35. The first-order chi connectivity index (χ1) is 7.70. The number of anilines is 1. The van der Waals surface area contributed by atoms with Crippen molar-refractivity contribution in [3.05, 3.63) is 11.1 Å². The Morgan fingerprint density at radius 3 is 2.69 bits per heavy atom.